The van der Waals surface area contributed by atoms with E-state index in [9.17, 15) is 0 Å². The molecule has 20 heavy (non-hydrogen) atoms. The van der Waals surface area contributed by atoms with Crippen molar-refractivity contribution >= 4 is 40.0 Å². The van der Waals surface area contributed by atoms with Crippen LogP contribution in [0.25, 0.3) is 0 Å². The Hall–Kier alpha value is 0.628. The van der Waals surface area contributed by atoms with Gasteiger partial charge in [0.15, 0.2) is 0 Å². The van der Waals surface area contributed by atoms with Gasteiger partial charge in [0.2, 0.25) is 35.4 Å². The third kappa shape index (κ3) is 12.4. The van der Waals surface area contributed by atoms with Crippen molar-refractivity contribution in [1.29, 1.82) is 0 Å². The second-order valence-electron chi connectivity index (χ2n) is 5.80. The first-order chi connectivity index (χ1) is 9.25. The molecule has 0 aliphatic carbocycles. The number of hydrogen-bond acceptors (Lipinski definition) is 6. The van der Waals surface area contributed by atoms with Gasteiger partial charge in [0, 0.05) is 0 Å². The Morgan fingerprint density at radius 2 is 0.950 bits per heavy atom. The van der Waals surface area contributed by atoms with E-state index in [1.54, 1.807) is 0 Å². The molecule has 0 heterocycles. The first kappa shape index (κ1) is 20.6. The fourth-order valence-corrected chi connectivity index (χ4v) is 5.48. The highest BCUT2D eigenvalue weighted by Gasteiger charge is 2.25. The fourth-order valence-electron chi connectivity index (χ4n) is 1.14. The van der Waals surface area contributed by atoms with Crippen LogP contribution in [0, 0.1) is 0 Å². The molecule has 0 saturated carbocycles. The van der Waals surface area contributed by atoms with Crippen LogP contribution < -0.4 is 14.9 Å². The maximum Gasteiger partial charge on any atom is 0.242 e. The molecule has 0 atom stereocenters. The zero-order valence-corrected chi connectivity index (χ0v) is 20.3. The summed E-state index contributed by atoms with van der Waals surface area (Å²) in [5.74, 6) is 0. The zero-order valence-electron chi connectivity index (χ0n) is 14.1. The van der Waals surface area contributed by atoms with E-state index in [1.165, 1.54) is 0 Å². The molecule has 0 radical (unpaired) electrons. The Labute approximate surface area is 134 Å². The van der Waals surface area contributed by atoms with Crippen LogP contribution in [0.3, 0.4) is 0 Å². The first-order valence-corrected chi connectivity index (χ1v) is 12.2. The van der Waals surface area contributed by atoms with E-state index in [0.717, 1.165) is 0 Å². The third-order valence-corrected chi connectivity index (χ3v) is 10.0. The smallest absolute Gasteiger partial charge is 0.242 e. The summed E-state index contributed by atoms with van der Waals surface area (Å²) in [7, 11) is -1.72. The van der Waals surface area contributed by atoms with Crippen molar-refractivity contribution in [3.05, 3.63) is 0 Å². The van der Waals surface area contributed by atoms with Gasteiger partial charge < -0.3 is 28.2 Å². The predicted molar refractivity (Wildman–Crippen MR) is 96.4 cm³/mol. The molecular weight excluding hydrogens is 322 g/mol. The Kier molecular flexibility index (Phi) is 11.6. The molecule has 0 aromatic heterocycles. The summed E-state index contributed by atoms with van der Waals surface area (Å²) in [4.78, 5) is 10.1. The Morgan fingerprint density at radius 3 is 1.15 bits per heavy atom. The maximum atomic E-state index is 5.94. The Balaban J connectivity index is 4.18. The molecule has 0 aromatic carbocycles. The quantitative estimate of drug-likeness (QED) is 0.256. The minimum absolute atomic E-state index is 0.449. The highest BCUT2D eigenvalue weighted by Crippen LogP contribution is 2.07. The van der Waals surface area contributed by atoms with Gasteiger partial charge in [-0.2, -0.15) is 0 Å². The lowest BCUT2D eigenvalue weighted by atomic mass is 10.4. The van der Waals surface area contributed by atoms with Gasteiger partial charge in [-0.15, -0.1) is 0 Å². The summed E-state index contributed by atoms with van der Waals surface area (Å²) in [6, 6.07) is 1.35. The number of hydrogen-bond donors (Lipinski definition) is 3. The molecule has 6 nitrogen and oxygen atoms in total. The largest absolute Gasteiger partial charge is 0.366 e. The summed E-state index contributed by atoms with van der Waals surface area (Å²) < 4.78 is 17.8. The lowest BCUT2D eigenvalue weighted by Gasteiger charge is -2.32. The summed E-state index contributed by atoms with van der Waals surface area (Å²) in [6.07, 6.45) is 0. The molecule has 0 aliphatic rings. The Bertz CT molecular complexity index is 212. The molecule has 122 valence electrons. The van der Waals surface area contributed by atoms with E-state index in [1.807, 2.05) is 0 Å². The topological polar surface area (TPSA) is 63.8 Å². The van der Waals surface area contributed by atoms with E-state index in [0.29, 0.717) is 28.4 Å². The predicted octanol–water partition coefficient (Wildman–Crippen LogP) is -3.00. The number of rotatable bonds is 12. The minimum atomic E-state index is -0.811. The molecule has 0 aliphatic heterocycles. The summed E-state index contributed by atoms with van der Waals surface area (Å²) in [5, 5.41) is 0. The van der Waals surface area contributed by atoms with Crippen LogP contribution in [0.1, 0.15) is 41.5 Å². The molecule has 0 spiro atoms. The molecule has 3 N–H and O–H groups in total. The van der Waals surface area contributed by atoms with Crippen LogP contribution in [0.2, 0.25) is 0 Å². The van der Waals surface area contributed by atoms with Crippen LogP contribution >= 0.6 is 0 Å². The van der Waals surface area contributed by atoms with Gasteiger partial charge in [-0.1, -0.05) is 41.5 Å². The van der Waals surface area contributed by atoms with Crippen molar-refractivity contribution in [1.82, 2.24) is 14.9 Å². The highest BCUT2D eigenvalue weighted by atomic mass is 28.2. The van der Waals surface area contributed by atoms with Gasteiger partial charge in [0.25, 0.3) is 0 Å². The van der Waals surface area contributed by atoms with Crippen LogP contribution in [-0.4, -0.2) is 63.7 Å². The van der Waals surface area contributed by atoms with Crippen molar-refractivity contribution in [3.8, 4) is 0 Å². The molecule has 0 fully saturated rings. The summed E-state index contributed by atoms with van der Waals surface area (Å²) in [6.45, 7) is 12.7. The fraction of sp³-hybridized carbons (Fsp3) is 1.00. The molecule has 0 rings (SSSR count). The average molecular weight is 356 g/mol. The van der Waals surface area contributed by atoms with Crippen molar-refractivity contribution in [2.45, 2.75) is 65.3 Å². The standard InChI is InChI=1S/C10H33N3O3Si4/c1-7(2)11-18-14-10(17,15-19-12-8(3)4)16-20-13-9(5)6/h7-9,11-13H,18-20H2,1-6,17H3. The van der Waals surface area contributed by atoms with Gasteiger partial charge in [-0.3, -0.25) is 0 Å². The number of nitrogens with one attached hydrogen (secondary N) is 3. The zero-order chi connectivity index (χ0) is 15.6. The molecule has 0 saturated heterocycles. The van der Waals surface area contributed by atoms with E-state index in [2.05, 4.69) is 56.5 Å². The van der Waals surface area contributed by atoms with E-state index >= 15 is 0 Å². The maximum absolute atomic E-state index is 5.94. The van der Waals surface area contributed by atoms with Gasteiger partial charge >= 0.3 is 0 Å². The second-order valence-corrected chi connectivity index (χ2v) is 9.99. The molecule has 0 bridgehead atoms. The SMILES string of the molecule is CC(C)N[SiH2]OC([SiH3])(O[SiH2]NC(C)C)O[SiH2]NC(C)C. The molecular formula is C10H33N3O3Si4. The Morgan fingerprint density at radius 1 is 0.700 bits per heavy atom. The summed E-state index contributed by atoms with van der Waals surface area (Å²) >= 11 is 0. The van der Waals surface area contributed by atoms with Crippen molar-refractivity contribution in [2.75, 3.05) is 0 Å². The van der Waals surface area contributed by atoms with Crippen molar-refractivity contribution in [2.24, 2.45) is 0 Å². The first-order valence-electron chi connectivity index (χ1n) is 7.37. The van der Waals surface area contributed by atoms with Crippen LogP contribution in [0.5, 0.6) is 0 Å². The molecule has 0 aromatic rings. The lowest BCUT2D eigenvalue weighted by Crippen LogP contribution is -2.50. The summed E-state index contributed by atoms with van der Waals surface area (Å²) in [5.41, 5.74) is -0.754. The molecule has 10 heteroatoms. The average Bonchev–Trinajstić information content (AvgIpc) is 2.27. The normalized spacial score (nSPS) is 17.2. The van der Waals surface area contributed by atoms with E-state index in [-0.39, 0.29) is 0 Å². The van der Waals surface area contributed by atoms with E-state index in [4.69, 9.17) is 13.3 Å². The van der Waals surface area contributed by atoms with Crippen LogP contribution in [0.15, 0.2) is 0 Å². The van der Waals surface area contributed by atoms with E-state index < -0.39 is 35.4 Å². The highest BCUT2D eigenvalue weighted by molar-refractivity contribution is 6.31. The monoisotopic (exact) mass is 355 g/mol. The molecule has 0 amide bonds. The van der Waals surface area contributed by atoms with Gasteiger partial charge in [0.05, 0.1) is 0 Å². The molecule has 0 unspecified atom stereocenters. The van der Waals surface area contributed by atoms with Crippen molar-refractivity contribution in [3.63, 3.8) is 0 Å². The van der Waals surface area contributed by atoms with Crippen LogP contribution in [0.4, 0.5) is 0 Å². The third-order valence-electron chi connectivity index (χ3n) is 2.48. The van der Waals surface area contributed by atoms with Crippen molar-refractivity contribution < 1.29 is 13.3 Å². The van der Waals surface area contributed by atoms with Gasteiger partial charge in [0.1, 0.15) is 10.2 Å². The van der Waals surface area contributed by atoms with Gasteiger partial charge in [-0.05, 0) is 18.1 Å². The van der Waals surface area contributed by atoms with Crippen LogP contribution in [-0.2, 0) is 13.3 Å². The lowest BCUT2D eigenvalue weighted by molar-refractivity contribution is -0.188. The van der Waals surface area contributed by atoms with Gasteiger partial charge in [-0.25, -0.2) is 0 Å². The minimum Gasteiger partial charge on any atom is -0.366 e. The second kappa shape index (κ2) is 11.2.